The van der Waals surface area contributed by atoms with Gasteiger partial charge in [0.25, 0.3) is 0 Å². The second kappa shape index (κ2) is 6.99. The third-order valence-corrected chi connectivity index (χ3v) is 4.41. The molecule has 0 saturated carbocycles. The van der Waals surface area contributed by atoms with Crippen LogP contribution in [0.4, 0.5) is 0 Å². The van der Waals surface area contributed by atoms with Gasteiger partial charge >= 0.3 is 0 Å². The third kappa shape index (κ3) is 3.70. The summed E-state index contributed by atoms with van der Waals surface area (Å²) in [4.78, 5) is 2.43. The van der Waals surface area contributed by atoms with E-state index < -0.39 is 0 Å². The Balaban J connectivity index is 1.51. The molecule has 0 N–H and O–H groups in total. The van der Waals surface area contributed by atoms with Gasteiger partial charge in [-0.25, -0.2) is 0 Å². The summed E-state index contributed by atoms with van der Waals surface area (Å²) in [5.74, 6) is 0. The first kappa shape index (κ1) is 15.1. The number of aromatic nitrogens is 1. The monoisotopic (exact) mass is 316 g/mol. The standard InChI is InChI=1S/C17H21ClN4/c1-20-8-4-6-16(20)13-19-22-11-9-21(10-12-22)14-15-5-2-3-7-17(15)18/h2-8,13H,9-12,14H2,1H3/b19-13-. The molecule has 1 saturated heterocycles. The topological polar surface area (TPSA) is 23.8 Å². The molecule has 1 fully saturated rings. The number of hydrogen-bond acceptors (Lipinski definition) is 3. The van der Waals surface area contributed by atoms with Crippen LogP contribution in [0, 0.1) is 0 Å². The first-order valence-electron chi connectivity index (χ1n) is 7.58. The summed E-state index contributed by atoms with van der Waals surface area (Å²) in [6.45, 7) is 4.83. The van der Waals surface area contributed by atoms with Crippen molar-refractivity contribution in [1.29, 1.82) is 0 Å². The van der Waals surface area contributed by atoms with Gasteiger partial charge in [0.2, 0.25) is 0 Å². The van der Waals surface area contributed by atoms with Crippen LogP contribution < -0.4 is 0 Å². The molecule has 0 bridgehead atoms. The highest BCUT2D eigenvalue weighted by Gasteiger charge is 2.16. The first-order valence-corrected chi connectivity index (χ1v) is 7.96. The second-order valence-electron chi connectivity index (χ2n) is 5.61. The Bertz CT molecular complexity index is 642. The summed E-state index contributed by atoms with van der Waals surface area (Å²) in [5, 5.41) is 7.57. The molecule has 0 radical (unpaired) electrons. The van der Waals surface area contributed by atoms with Crippen molar-refractivity contribution < 1.29 is 0 Å². The minimum absolute atomic E-state index is 0.853. The van der Waals surface area contributed by atoms with Gasteiger partial charge in [-0.05, 0) is 23.8 Å². The fraction of sp³-hybridized carbons (Fsp3) is 0.353. The van der Waals surface area contributed by atoms with Crippen molar-refractivity contribution in [2.75, 3.05) is 26.2 Å². The fourth-order valence-corrected chi connectivity index (χ4v) is 2.82. The molecule has 1 aliphatic rings. The maximum Gasteiger partial charge on any atom is 0.0707 e. The van der Waals surface area contributed by atoms with E-state index in [1.165, 1.54) is 5.56 Å². The number of piperazine rings is 1. The van der Waals surface area contributed by atoms with Crippen molar-refractivity contribution in [3.8, 4) is 0 Å². The van der Waals surface area contributed by atoms with Crippen molar-refractivity contribution in [2.45, 2.75) is 6.54 Å². The van der Waals surface area contributed by atoms with Gasteiger partial charge in [0.05, 0.1) is 11.9 Å². The van der Waals surface area contributed by atoms with Gasteiger partial charge in [0.15, 0.2) is 0 Å². The summed E-state index contributed by atoms with van der Waals surface area (Å²) in [6.07, 6.45) is 3.96. The van der Waals surface area contributed by atoms with E-state index in [0.717, 1.165) is 43.4 Å². The predicted octanol–water partition coefficient (Wildman–Crippen LogP) is 2.83. The van der Waals surface area contributed by atoms with Crippen LogP contribution in [0.1, 0.15) is 11.3 Å². The highest BCUT2D eigenvalue weighted by Crippen LogP contribution is 2.17. The molecule has 22 heavy (non-hydrogen) atoms. The summed E-state index contributed by atoms with van der Waals surface area (Å²) < 4.78 is 2.07. The molecule has 1 aliphatic heterocycles. The quantitative estimate of drug-likeness (QED) is 0.810. The molecule has 2 aromatic rings. The van der Waals surface area contributed by atoms with Crippen LogP contribution in [-0.4, -0.2) is 46.9 Å². The van der Waals surface area contributed by atoms with E-state index in [4.69, 9.17) is 11.6 Å². The normalized spacial score (nSPS) is 16.5. The van der Waals surface area contributed by atoms with Crippen LogP contribution in [0.25, 0.3) is 0 Å². The van der Waals surface area contributed by atoms with E-state index in [1.807, 2.05) is 43.7 Å². The van der Waals surface area contributed by atoms with Crippen LogP contribution in [0.3, 0.4) is 0 Å². The Labute approximate surface area is 136 Å². The number of hydrogen-bond donors (Lipinski definition) is 0. The Morgan fingerprint density at radius 1 is 1.09 bits per heavy atom. The number of aryl methyl sites for hydroxylation is 1. The molecule has 0 amide bonds. The van der Waals surface area contributed by atoms with Crippen molar-refractivity contribution in [2.24, 2.45) is 12.1 Å². The number of rotatable bonds is 4. The molecule has 4 nitrogen and oxygen atoms in total. The molecule has 116 valence electrons. The summed E-state index contributed by atoms with van der Waals surface area (Å²) in [5.41, 5.74) is 2.32. The zero-order chi connectivity index (χ0) is 15.4. The molecular formula is C17H21ClN4. The van der Waals surface area contributed by atoms with Crippen molar-refractivity contribution >= 4 is 17.8 Å². The summed E-state index contributed by atoms with van der Waals surface area (Å²) in [6, 6.07) is 12.2. The van der Waals surface area contributed by atoms with Gasteiger partial charge in [0, 0.05) is 51.0 Å². The number of benzene rings is 1. The Hall–Kier alpha value is -1.78. The minimum atomic E-state index is 0.853. The lowest BCUT2D eigenvalue weighted by molar-refractivity contribution is 0.131. The number of hydrazone groups is 1. The lowest BCUT2D eigenvalue weighted by atomic mass is 10.2. The van der Waals surface area contributed by atoms with Crippen LogP contribution in [0.2, 0.25) is 5.02 Å². The van der Waals surface area contributed by atoms with Gasteiger partial charge in [-0.1, -0.05) is 29.8 Å². The van der Waals surface area contributed by atoms with Gasteiger partial charge in [-0.3, -0.25) is 9.91 Å². The SMILES string of the molecule is Cn1cccc1/C=N\N1CCN(Cc2ccccc2Cl)CC1. The van der Waals surface area contributed by atoms with E-state index in [9.17, 15) is 0 Å². The Kier molecular flexibility index (Phi) is 4.80. The minimum Gasteiger partial charge on any atom is -0.350 e. The molecular weight excluding hydrogens is 296 g/mol. The Morgan fingerprint density at radius 3 is 2.55 bits per heavy atom. The molecule has 0 unspecified atom stereocenters. The largest absolute Gasteiger partial charge is 0.350 e. The Morgan fingerprint density at radius 2 is 1.86 bits per heavy atom. The zero-order valence-electron chi connectivity index (χ0n) is 12.8. The average Bonchev–Trinajstić information content (AvgIpc) is 2.94. The molecule has 2 heterocycles. The van der Waals surface area contributed by atoms with Crippen LogP contribution in [0.5, 0.6) is 0 Å². The zero-order valence-corrected chi connectivity index (χ0v) is 13.6. The number of nitrogens with zero attached hydrogens (tertiary/aromatic N) is 4. The molecule has 0 spiro atoms. The molecule has 5 heteroatoms. The van der Waals surface area contributed by atoms with E-state index >= 15 is 0 Å². The van der Waals surface area contributed by atoms with Gasteiger partial charge in [0.1, 0.15) is 0 Å². The van der Waals surface area contributed by atoms with E-state index in [2.05, 4.69) is 31.7 Å². The smallest absolute Gasteiger partial charge is 0.0707 e. The van der Waals surface area contributed by atoms with Gasteiger partial charge in [-0.2, -0.15) is 5.10 Å². The van der Waals surface area contributed by atoms with E-state index in [0.29, 0.717) is 0 Å². The van der Waals surface area contributed by atoms with Gasteiger partial charge in [-0.15, -0.1) is 0 Å². The molecule has 1 aromatic heterocycles. The molecule has 0 aliphatic carbocycles. The van der Waals surface area contributed by atoms with Crippen LogP contribution in [0.15, 0.2) is 47.7 Å². The fourth-order valence-electron chi connectivity index (χ4n) is 2.63. The van der Waals surface area contributed by atoms with E-state index in [1.54, 1.807) is 0 Å². The summed E-state index contributed by atoms with van der Waals surface area (Å²) in [7, 11) is 2.03. The van der Waals surface area contributed by atoms with Crippen molar-refractivity contribution in [3.05, 3.63) is 58.9 Å². The van der Waals surface area contributed by atoms with Gasteiger partial charge < -0.3 is 4.57 Å². The molecule has 0 atom stereocenters. The molecule has 1 aromatic carbocycles. The highest BCUT2D eigenvalue weighted by atomic mass is 35.5. The van der Waals surface area contributed by atoms with Crippen LogP contribution >= 0.6 is 11.6 Å². The van der Waals surface area contributed by atoms with Crippen molar-refractivity contribution in [1.82, 2.24) is 14.5 Å². The summed E-state index contributed by atoms with van der Waals surface area (Å²) >= 11 is 6.23. The van der Waals surface area contributed by atoms with Crippen molar-refractivity contribution in [3.63, 3.8) is 0 Å². The van der Waals surface area contributed by atoms with Crippen LogP contribution in [-0.2, 0) is 13.6 Å². The first-order chi connectivity index (χ1) is 10.7. The second-order valence-corrected chi connectivity index (χ2v) is 6.02. The number of halogens is 1. The lowest BCUT2D eigenvalue weighted by Crippen LogP contribution is -2.43. The maximum atomic E-state index is 6.23. The van der Waals surface area contributed by atoms with E-state index in [-0.39, 0.29) is 0 Å². The maximum absolute atomic E-state index is 6.23. The predicted molar refractivity (Wildman–Crippen MR) is 91.3 cm³/mol. The molecule has 3 rings (SSSR count). The third-order valence-electron chi connectivity index (χ3n) is 4.04. The highest BCUT2D eigenvalue weighted by molar-refractivity contribution is 6.31. The lowest BCUT2D eigenvalue weighted by Gasteiger charge is -2.33. The average molecular weight is 317 g/mol.